The number of anilines is 1. The zero-order valence-electron chi connectivity index (χ0n) is 10.2. The standard InChI is InChI=1S/C14H13ClN2O2/c15-11-3-4-12-10(2-1-5-16-12)14(11)17-7-9(8-18)6-13(17)19/h1-5,9,18H,6-8H2. The number of aliphatic hydroxyl groups excluding tert-OH is 1. The predicted molar refractivity (Wildman–Crippen MR) is 74.3 cm³/mol. The lowest BCUT2D eigenvalue weighted by Gasteiger charge is -2.20. The van der Waals surface area contributed by atoms with Gasteiger partial charge in [0.15, 0.2) is 0 Å². The van der Waals surface area contributed by atoms with Crippen molar-refractivity contribution in [3.63, 3.8) is 0 Å². The van der Waals surface area contributed by atoms with E-state index in [-0.39, 0.29) is 18.4 Å². The third-order valence-electron chi connectivity index (χ3n) is 3.44. The second kappa shape index (κ2) is 4.79. The molecule has 5 heteroatoms. The second-order valence-electron chi connectivity index (χ2n) is 4.72. The number of aromatic nitrogens is 1. The molecule has 19 heavy (non-hydrogen) atoms. The van der Waals surface area contributed by atoms with Crippen LogP contribution in [0.4, 0.5) is 5.69 Å². The van der Waals surface area contributed by atoms with Gasteiger partial charge < -0.3 is 10.0 Å². The maximum atomic E-state index is 12.1. The Bertz CT molecular complexity index is 644. The summed E-state index contributed by atoms with van der Waals surface area (Å²) in [6.45, 7) is 0.520. The van der Waals surface area contributed by atoms with Crippen LogP contribution in [0.25, 0.3) is 10.9 Å². The molecule has 0 radical (unpaired) electrons. The molecule has 3 rings (SSSR count). The molecule has 0 spiro atoms. The number of nitrogens with zero attached hydrogens (tertiary/aromatic N) is 2. The van der Waals surface area contributed by atoms with Crippen molar-refractivity contribution in [3.8, 4) is 0 Å². The summed E-state index contributed by atoms with van der Waals surface area (Å²) in [7, 11) is 0. The topological polar surface area (TPSA) is 53.4 Å². The number of hydrogen-bond donors (Lipinski definition) is 1. The van der Waals surface area contributed by atoms with E-state index in [1.165, 1.54) is 0 Å². The highest BCUT2D eigenvalue weighted by Gasteiger charge is 2.32. The summed E-state index contributed by atoms with van der Waals surface area (Å²) >= 11 is 6.26. The maximum absolute atomic E-state index is 12.1. The summed E-state index contributed by atoms with van der Waals surface area (Å²) in [4.78, 5) is 18.0. The number of aliphatic hydroxyl groups is 1. The average Bonchev–Trinajstić information content (AvgIpc) is 2.80. The van der Waals surface area contributed by atoms with Gasteiger partial charge in [0.1, 0.15) is 0 Å². The number of amides is 1. The number of benzene rings is 1. The SMILES string of the molecule is O=C1CC(CO)CN1c1c(Cl)ccc2ncccc12. The molecule has 1 amide bonds. The number of pyridine rings is 1. The van der Waals surface area contributed by atoms with E-state index in [0.717, 1.165) is 10.9 Å². The number of carbonyl (C=O) groups is 1. The molecule has 1 saturated heterocycles. The zero-order chi connectivity index (χ0) is 13.4. The molecule has 1 N–H and O–H groups in total. The monoisotopic (exact) mass is 276 g/mol. The molecule has 98 valence electrons. The van der Waals surface area contributed by atoms with E-state index < -0.39 is 0 Å². The quantitative estimate of drug-likeness (QED) is 0.915. The van der Waals surface area contributed by atoms with Gasteiger partial charge in [-0.15, -0.1) is 0 Å². The van der Waals surface area contributed by atoms with Crippen molar-refractivity contribution < 1.29 is 9.90 Å². The first-order valence-electron chi connectivity index (χ1n) is 6.15. The van der Waals surface area contributed by atoms with Gasteiger partial charge in [-0.05, 0) is 24.3 Å². The number of rotatable bonds is 2. The molecule has 0 saturated carbocycles. The van der Waals surface area contributed by atoms with Crippen LogP contribution in [0.5, 0.6) is 0 Å². The smallest absolute Gasteiger partial charge is 0.227 e. The molecular weight excluding hydrogens is 264 g/mol. The normalized spacial score (nSPS) is 19.4. The largest absolute Gasteiger partial charge is 0.396 e. The van der Waals surface area contributed by atoms with Crippen LogP contribution in [0.2, 0.25) is 5.02 Å². The van der Waals surface area contributed by atoms with E-state index in [2.05, 4.69) is 4.98 Å². The molecule has 2 aromatic rings. The summed E-state index contributed by atoms with van der Waals surface area (Å²) in [5, 5.41) is 10.6. The van der Waals surface area contributed by atoms with E-state index in [1.807, 2.05) is 18.2 Å². The van der Waals surface area contributed by atoms with Crippen LogP contribution in [0, 0.1) is 5.92 Å². The summed E-state index contributed by atoms with van der Waals surface area (Å²) in [6.07, 6.45) is 2.08. The highest BCUT2D eigenvalue weighted by molar-refractivity contribution is 6.35. The zero-order valence-corrected chi connectivity index (χ0v) is 11.0. The highest BCUT2D eigenvalue weighted by atomic mass is 35.5. The average molecular weight is 277 g/mol. The third-order valence-corrected chi connectivity index (χ3v) is 3.75. The van der Waals surface area contributed by atoms with Gasteiger partial charge in [-0.1, -0.05) is 11.6 Å². The Morgan fingerprint density at radius 3 is 3.00 bits per heavy atom. The Morgan fingerprint density at radius 2 is 2.26 bits per heavy atom. The number of hydrogen-bond acceptors (Lipinski definition) is 3. The minimum atomic E-state index is -0.0181. The van der Waals surface area contributed by atoms with Crippen molar-refractivity contribution in [1.29, 1.82) is 0 Å². The van der Waals surface area contributed by atoms with Crippen molar-refractivity contribution >= 4 is 34.1 Å². The molecule has 1 fully saturated rings. The number of carbonyl (C=O) groups excluding carboxylic acids is 1. The van der Waals surface area contributed by atoms with Crippen LogP contribution in [0.15, 0.2) is 30.5 Å². The summed E-state index contributed by atoms with van der Waals surface area (Å²) in [5.41, 5.74) is 1.51. The van der Waals surface area contributed by atoms with Crippen molar-refractivity contribution in [2.24, 2.45) is 5.92 Å². The van der Waals surface area contributed by atoms with Crippen LogP contribution in [-0.4, -0.2) is 29.1 Å². The fourth-order valence-corrected chi connectivity index (χ4v) is 2.77. The predicted octanol–water partition coefficient (Wildman–Crippen LogP) is 2.23. The Kier molecular flexibility index (Phi) is 3.12. The Morgan fingerprint density at radius 1 is 1.42 bits per heavy atom. The molecule has 1 aliphatic rings. The lowest BCUT2D eigenvalue weighted by molar-refractivity contribution is -0.117. The molecule has 1 unspecified atom stereocenters. The van der Waals surface area contributed by atoms with Gasteiger partial charge in [-0.25, -0.2) is 0 Å². The first-order valence-corrected chi connectivity index (χ1v) is 6.53. The molecule has 1 aromatic heterocycles. The molecule has 0 aliphatic carbocycles. The molecule has 0 bridgehead atoms. The van der Waals surface area contributed by atoms with Gasteiger partial charge in [-0.3, -0.25) is 9.78 Å². The summed E-state index contributed by atoms with van der Waals surface area (Å²) in [6, 6.07) is 7.33. The molecule has 1 atom stereocenters. The van der Waals surface area contributed by atoms with Gasteiger partial charge in [-0.2, -0.15) is 0 Å². The Labute approximate surface area is 115 Å². The van der Waals surface area contributed by atoms with Gasteiger partial charge in [0, 0.05) is 37.1 Å². The summed E-state index contributed by atoms with van der Waals surface area (Å²) in [5.74, 6) is -0.0206. The Balaban J connectivity index is 2.14. The first kappa shape index (κ1) is 12.4. The minimum Gasteiger partial charge on any atom is -0.396 e. The van der Waals surface area contributed by atoms with Crippen LogP contribution in [0.1, 0.15) is 6.42 Å². The van der Waals surface area contributed by atoms with E-state index >= 15 is 0 Å². The van der Waals surface area contributed by atoms with Crippen molar-refractivity contribution in [3.05, 3.63) is 35.5 Å². The fourth-order valence-electron chi connectivity index (χ4n) is 2.50. The van der Waals surface area contributed by atoms with Gasteiger partial charge in [0.05, 0.1) is 16.2 Å². The van der Waals surface area contributed by atoms with E-state index in [9.17, 15) is 9.90 Å². The fraction of sp³-hybridized carbons (Fsp3) is 0.286. The van der Waals surface area contributed by atoms with Gasteiger partial charge in [0.25, 0.3) is 0 Å². The second-order valence-corrected chi connectivity index (χ2v) is 5.13. The van der Waals surface area contributed by atoms with Crippen LogP contribution >= 0.6 is 11.6 Å². The van der Waals surface area contributed by atoms with Gasteiger partial charge in [0.2, 0.25) is 5.91 Å². The maximum Gasteiger partial charge on any atom is 0.227 e. The lowest BCUT2D eigenvalue weighted by atomic mass is 10.1. The van der Waals surface area contributed by atoms with Crippen molar-refractivity contribution in [2.75, 3.05) is 18.1 Å². The molecule has 1 aromatic carbocycles. The van der Waals surface area contributed by atoms with E-state index in [0.29, 0.717) is 23.7 Å². The molecule has 4 nitrogen and oxygen atoms in total. The first-order chi connectivity index (χ1) is 9.20. The van der Waals surface area contributed by atoms with Crippen molar-refractivity contribution in [2.45, 2.75) is 6.42 Å². The number of halogens is 1. The third kappa shape index (κ3) is 2.07. The Hall–Kier alpha value is -1.65. The van der Waals surface area contributed by atoms with Crippen LogP contribution < -0.4 is 4.90 Å². The van der Waals surface area contributed by atoms with E-state index in [4.69, 9.17) is 11.6 Å². The van der Waals surface area contributed by atoms with Crippen LogP contribution in [-0.2, 0) is 4.79 Å². The molecule has 1 aliphatic heterocycles. The molecular formula is C14H13ClN2O2. The van der Waals surface area contributed by atoms with Gasteiger partial charge >= 0.3 is 0 Å². The number of fused-ring (bicyclic) bond motifs is 1. The summed E-state index contributed by atoms with van der Waals surface area (Å²) < 4.78 is 0. The van der Waals surface area contributed by atoms with Crippen molar-refractivity contribution in [1.82, 2.24) is 4.98 Å². The van der Waals surface area contributed by atoms with E-state index in [1.54, 1.807) is 17.2 Å². The van der Waals surface area contributed by atoms with Crippen LogP contribution in [0.3, 0.4) is 0 Å². The highest BCUT2D eigenvalue weighted by Crippen LogP contribution is 2.36. The lowest BCUT2D eigenvalue weighted by Crippen LogP contribution is -2.25. The minimum absolute atomic E-state index is 0.00250. The molecule has 2 heterocycles.